The average molecular weight is 381 g/mol. The van der Waals surface area contributed by atoms with Crippen LogP contribution in [0.15, 0.2) is 36.4 Å². The summed E-state index contributed by atoms with van der Waals surface area (Å²) in [7, 11) is 0. The zero-order valence-electron chi connectivity index (χ0n) is 14.7. The summed E-state index contributed by atoms with van der Waals surface area (Å²) in [5, 5.41) is 2.31. The number of hydrogen-bond donors (Lipinski definition) is 1. The number of carbonyl (C=O) groups is 1. The van der Waals surface area contributed by atoms with Crippen molar-refractivity contribution in [1.29, 1.82) is 0 Å². The number of halogens is 4. The maximum atomic E-state index is 13.7. The third-order valence-corrected chi connectivity index (χ3v) is 4.73. The van der Waals surface area contributed by atoms with Crippen LogP contribution in [0.5, 0.6) is 0 Å². The number of nitrogens with one attached hydrogen (secondary N) is 1. The molecule has 1 aliphatic rings. The first-order chi connectivity index (χ1) is 12.9. The molecular formula is C19H19F4N3O. The highest BCUT2D eigenvalue weighted by Gasteiger charge is 2.26. The Morgan fingerprint density at radius 1 is 0.926 bits per heavy atom. The molecule has 8 heteroatoms. The molecule has 1 heterocycles. The van der Waals surface area contributed by atoms with E-state index in [9.17, 15) is 22.4 Å². The highest BCUT2D eigenvalue weighted by molar-refractivity contribution is 5.94. The van der Waals surface area contributed by atoms with E-state index in [4.69, 9.17) is 0 Å². The zero-order chi connectivity index (χ0) is 19.6. The first-order valence-corrected chi connectivity index (χ1v) is 8.55. The van der Waals surface area contributed by atoms with Gasteiger partial charge in [0.1, 0.15) is 5.82 Å². The molecule has 27 heavy (non-hydrogen) atoms. The molecule has 0 radical (unpaired) electrons. The zero-order valence-corrected chi connectivity index (χ0v) is 14.7. The van der Waals surface area contributed by atoms with Gasteiger partial charge in [-0.15, -0.1) is 0 Å². The van der Waals surface area contributed by atoms with Crippen molar-refractivity contribution in [2.24, 2.45) is 0 Å². The molecule has 1 aliphatic heterocycles. The highest BCUT2D eigenvalue weighted by atomic mass is 19.2. The summed E-state index contributed by atoms with van der Waals surface area (Å²) in [6, 6.07) is 7.38. The molecule has 0 aliphatic carbocycles. The molecule has 1 atom stereocenters. The van der Waals surface area contributed by atoms with Crippen molar-refractivity contribution < 1.29 is 22.4 Å². The predicted octanol–water partition coefficient (Wildman–Crippen LogP) is 3.39. The maximum absolute atomic E-state index is 13.7. The van der Waals surface area contributed by atoms with Gasteiger partial charge in [-0.1, -0.05) is 0 Å². The van der Waals surface area contributed by atoms with Crippen molar-refractivity contribution in [2.75, 3.05) is 36.4 Å². The van der Waals surface area contributed by atoms with Crippen LogP contribution < -0.4 is 10.2 Å². The number of amides is 1. The quantitative estimate of drug-likeness (QED) is 0.652. The van der Waals surface area contributed by atoms with Crippen LogP contribution in [0.4, 0.5) is 28.9 Å². The van der Waals surface area contributed by atoms with Gasteiger partial charge in [0, 0.05) is 31.9 Å². The van der Waals surface area contributed by atoms with Crippen LogP contribution in [0.1, 0.15) is 6.92 Å². The molecule has 2 aromatic carbocycles. The van der Waals surface area contributed by atoms with E-state index in [0.29, 0.717) is 26.2 Å². The van der Waals surface area contributed by atoms with Gasteiger partial charge in [0.15, 0.2) is 17.5 Å². The monoisotopic (exact) mass is 381 g/mol. The molecule has 1 saturated heterocycles. The Morgan fingerprint density at radius 3 is 2.19 bits per heavy atom. The third kappa shape index (κ3) is 4.21. The van der Waals surface area contributed by atoms with Gasteiger partial charge in [-0.3, -0.25) is 9.69 Å². The van der Waals surface area contributed by atoms with E-state index >= 15 is 0 Å². The second-order valence-electron chi connectivity index (χ2n) is 6.39. The Labute approximate surface area is 154 Å². The van der Waals surface area contributed by atoms with Crippen LogP contribution >= 0.6 is 0 Å². The van der Waals surface area contributed by atoms with Crippen LogP contribution in [0.2, 0.25) is 0 Å². The number of hydrogen-bond acceptors (Lipinski definition) is 3. The fourth-order valence-corrected chi connectivity index (χ4v) is 3.04. The van der Waals surface area contributed by atoms with E-state index < -0.39 is 35.1 Å². The molecule has 0 bridgehead atoms. The van der Waals surface area contributed by atoms with Gasteiger partial charge in [-0.2, -0.15) is 0 Å². The number of benzene rings is 2. The first kappa shape index (κ1) is 19.2. The first-order valence-electron chi connectivity index (χ1n) is 8.55. The number of rotatable bonds is 4. The van der Waals surface area contributed by atoms with Gasteiger partial charge in [-0.05, 0) is 43.3 Å². The van der Waals surface area contributed by atoms with E-state index in [1.54, 1.807) is 19.1 Å². The summed E-state index contributed by atoms with van der Waals surface area (Å²) in [5.74, 6) is -5.15. The van der Waals surface area contributed by atoms with Crippen molar-refractivity contribution in [1.82, 2.24) is 4.90 Å². The summed E-state index contributed by atoms with van der Waals surface area (Å²) >= 11 is 0. The normalized spacial score (nSPS) is 16.3. The second-order valence-corrected chi connectivity index (χ2v) is 6.39. The van der Waals surface area contributed by atoms with Gasteiger partial charge in [0.2, 0.25) is 5.91 Å². The van der Waals surface area contributed by atoms with Gasteiger partial charge < -0.3 is 10.2 Å². The number of nitrogens with zero attached hydrogens (tertiary/aromatic N) is 2. The van der Waals surface area contributed by atoms with Gasteiger partial charge >= 0.3 is 0 Å². The Bertz CT molecular complexity index is 820. The Kier molecular flexibility index (Phi) is 5.65. The minimum atomic E-state index is -1.62. The smallest absolute Gasteiger partial charge is 0.241 e. The number of carbonyl (C=O) groups excluding carboxylic acids is 1. The van der Waals surface area contributed by atoms with E-state index in [0.717, 1.165) is 17.8 Å². The molecule has 0 spiro atoms. The molecule has 3 rings (SSSR count). The lowest BCUT2D eigenvalue weighted by atomic mass is 10.2. The Balaban J connectivity index is 1.58. The van der Waals surface area contributed by atoms with Crippen molar-refractivity contribution in [3.8, 4) is 0 Å². The molecule has 144 valence electrons. The molecule has 0 saturated carbocycles. The van der Waals surface area contributed by atoms with E-state index in [-0.39, 0.29) is 5.82 Å². The van der Waals surface area contributed by atoms with Crippen LogP contribution in [0.25, 0.3) is 0 Å². The fourth-order valence-electron chi connectivity index (χ4n) is 3.04. The number of piperazine rings is 1. The summed E-state index contributed by atoms with van der Waals surface area (Å²) in [6.07, 6.45) is 0. The highest BCUT2D eigenvalue weighted by Crippen LogP contribution is 2.21. The molecule has 1 amide bonds. The molecule has 0 aromatic heterocycles. The summed E-state index contributed by atoms with van der Waals surface area (Å²) in [6.45, 7) is 4.10. The van der Waals surface area contributed by atoms with Crippen LogP contribution in [0.3, 0.4) is 0 Å². The fraction of sp³-hybridized carbons (Fsp3) is 0.316. The lowest BCUT2D eigenvalue weighted by Gasteiger charge is -2.38. The third-order valence-electron chi connectivity index (χ3n) is 4.73. The van der Waals surface area contributed by atoms with Crippen molar-refractivity contribution in [3.05, 3.63) is 59.7 Å². The lowest BCUT2D eigenvalue weighted by Crippen LogP contribution is -2.52. The molecule has 1 N–H and O–H groups in total. The number of anilines is 2. The van der Waals surface area contributed by atoms with E-state index in [1.807, 2.05) is 4.90 Å². The topological polar surface area (TPSA) is 35.6 Å². The Hall–Kier alpha value is -2.61. The molecular weight excluding hydrogens is 362 g/mol. The van der Waals surface area contributed by atoms with Gasteiger partial charge in [0.05, 0.1) is 11.7 Å². The largest absolute Gasteiger partial charge is 0.369 e. The maximum Gasteiger partial charge on any atom is 0.241 e. The average Bonchev–Trinajstić information content (AvgIpc) is 2.68. The van der Waals surface area contributed by atoms with Gasteiger partial charge in [0.25, 0.3) is 0 Å². The SMILES string of the molecule is C[C@H](C(=O)Nc1ccc(F)c(F)c1F)N1CCN(c2ccc(F)cc2)CC1. The van der Waals surface area contributed by atoms with Crippen molar-refractivity contribution in [3.63, 3.8) is 0 Å². The molecule has 1 fully saturated rings. The Morgan fingerprint density at radius 2 is 1.56 bits per heavy atom. The molecule has 0 unspecified atom stereocenters. The van der Waals surface area contributed by atoms with Crippen LogP contribution in [-0.2, 0) is 4.79 Å². The summed E-state index contributed by atoms with van der Waals surface area (Å²) in [5.41, 5.74) is 0.507. The minimum Gasteiger partial charge on any atom is -0.369 e. The van der Waals surface area contributed by atoms with Crippen molar-refractivity contribution >= 4 is 17.3 Å². The van der Waals surface area contributed by atoms with Crippen LogP contribution in [-0.4, -0.2) is 43.0 Å². The minimum absolute atomic E-state index is 0.299. The molecule has 2 aromatic rings. The predicted molar refractivity (Wildman–Crippen MR) is 94.6 cm³/mol. The second kappa shape index (κ2) is 7.96. The van der Waals surface area contributed by atoms with Gasteiger partial charge in [-0.25, -0.2) is 17.6 Å². The molecule has 4 nitrogen and oxygen atoms in total. The van der Waals surface area contributed by atoms with E-state index in [2.05, 4.69) is 10.2 Å². The van der Waals surface area contributed by atoms with E-state index in [1.165, 1.54) is 12.1 Å². The van der Waals surface area contributed by atoms with Crippen LogP contribution in [0, 0.1) is 23.3 Å². The standard InChI is InChI=1S/C19H19F4N3O/c1-12(19(27)24-16-7-6-15(21)17(22)18(16)23)25-8-10-26(11-9-25)14-4-2-13(20)3-5-14/h2-7,12H,8-11H2,1H3,(H,24,27)/t12-/m1/s1. The summed E-state index contributed by atoms with van der Waals surface area (Å²) < 4.78 is 53.0. The van der Waals surface area contributed by atoms with Crippen molar-refractivity contribution in [2.45, 2.75) is 13.0 Å². The summed E-state index contributed by atoms with van der Waals surface area (Å²) in [4.78, 5) is 16.3. The lowest BCUT2D eigenvalue weighted by molar-refractivity contribution is -0.120.